The summed E-state index contributed by atoms with van der Waals surface area (Å²) in [7, 11) is 0. The molecule has 0 radical (unpaired) electrons. The molecule has 6 nitrogen and oxygen atoms in total. The van der Waals surface area contributed by atoms with Crippen molar-refractivity contribution in [3.63, 3.8) is 0 Å². The van der Waals surface area contributed by atoms with Crippen LogP contribution < -0.4 is 0 Å². The molecule has 0 saturated heterocycles. The highest BCUT2D eigenvalue weighted by Gasteiger charge is 2.19. The van der Waals surface area contributed by atoms with Gasteiger partial charge in [0.25, 0.3) is 0 Å². The molecule has 6 heteroatoms. The minimum absolute atomic E-state index is 0.120. The fourth-order valence-corrected chi connectivity index (χ4v) is 6.97. The maximum atomic E-state index is 12.8. The van der Waals surface area contributed by atoms with Crippen LogP contribution in [-0.4, -0.2) is 37.2 Å². The Morgan fingerprint density at radius 2 is 0.657 bits per heavy atom. The fourth-order valence-electron chi connectivity index (χ4n) is 6.97. The van der Waals surface area contributed by atoms with E-state index >= 15 is 0 Å². The monoisotopic (exact) mass is 927 g/mol. The van der Waals surface area contributed by atoms with Gasteiger partial charge in [0.05, 0.1) is 0 Å². The van der Waals surface area contributed by atoms with Crippen LogP contribution >= 0.6 is 0 Å². The first-order valence-electron chi connectivity index (χ1n) is 27.1. The summed E-state index contributed by atoms with van der Waals surface area (Å²) in [6.07, 6.45) is 74.8. The molecule has 0 N–H and O–H groups in total. The Morgan fingerprint density at radius 1 is 0.328 bits per heavy atom. The van der Waals surface area contributed by atoms with E-state index < -0.39 is 12.1 Å². The molecule has 0 aliphatic rings. The lowest BCUT2D eigenvalue weighted by molar-refractivity contribution is -0.166. The van der Waals surface area contributed by atoms with Crippen molar-refractivity contribution in [2.75, 3.05) is 13.2 Å². The molecule has 0 bridgehead atoms. The van der Waals surface area contributed by atoms with Crippen molar-refractivity contribution < 1.29 is 28.6 Å². The molecular weight excluding hydrogens is 829 g/mol. The third-order valence-corrected chi connectivity index (χ3v) is 11.0. The van der Waals surface area contributed by atoms with Crippen molar-refractivity contribution in [3.05, 3.63) is 122 Å². The zero-order chi connectivity index (χ0) is 48.6. The first-order chi connectivity index (χ1) is 33.0. The Kier molecular flexibility index (Phi) is 51.0. The van der Waals surface area contributed by atoms with Crippen molar-refractivity contribution in [2.24, 2.45) is 0 Å². The zero-order valence-electron chi connectivity index (χ0n) is 43.1. The van der Waals surface area contributed by atoms with Gasteiger partial charge < -0.3 is 14.2 Å². The van der Waals surface area contributed by atoms with Gasteiger partial charge in [-0.05, 0) is 109 Å². The number of ether oxygens (including phenoxy) is 3. The van der Waals surface area contributed by atoms with Gasteiger partial charge in [0, 0.05) is 19.3 Å². The maximum Gasteiger partial charge on any atom is 0.306 e. The molecule has 0 aromatic carbocycles. The van der Waals surface area contributed by atoms with E-state index in [-0.39, 0.29) is 31.6 Å². The number of rotatable bonds is 47. The van der Waals surface area contributed by atoms with Gasteiger partial charge >= 0.3 is 17.9 Å². The maximum absolute atomic E-state index is 12.8. The van der Waals surface area contributed by atoms with E-state index in [1.54, 1.807) is 0 Å². The number of carbonyl (C=O) groups excluding carboxylic acids is 3. The van der Waals surface area contributed by atoms with E-state index in [1.165, 1.54) is 77.0 Å². The summed E-state index contributed by atoms with van der Waals surface area (Å²) < 4.78 is 16.7. The number of carbonyl (C=O) groups is 3. The topological polar surface area (TPSA) is 78.9 Å². The minimum Gasteiger partial charge on any atom is -0.462 e. The van der Waals surface area contributed by atoms with E-state index in [9.17, 15) is 14.4 Å². The van der Waals surface area contributed by atoms with Gasteiger partial charge in [-0.1, -0.05) is 219 Å². The number of esters is 3. The molecule has 378 valence electrons. The van der Waals surface area contributed by atoms with Crippen LogP contribution in [0.4, 0.5) is 0 Å². The van der Waals surface area contributed by atoms with Gasteiger partial charge in [-0.2, -0.15) is 0 Å². The average molecular weight is 927 g/mol. The zero-order valence-corrected chi connectivity index (χ0v) is 43.1. The number of allylic oxidation sites excluding steroid dienone is 20. The van der Waals surface area contributed by atoms with Crippen molar-refractivity contribution in [1.29, 1.82) is 0 Å². The van der Waals surface area contributed by atoms with Crippen molar-refractivity contribution in [2.45, 2.75) is 232 Å². The summed E-state index contributed by atoms with van der Waals surface area (Å²) in [5.41, 5.74) is 0. The minimum atomic E-state index is -0.832. The largest absolute Gasteiger partial charge is 0.462 e. The van der Waals surface area contributed by atoms with E-state index in [2.05, 4.69) is 130 Å². The van der Waals surface area contributed by atoms with E-state index in [0.717, 1.165) is 103 Å². The molecule has 0 aliphatic heterocycles. The van der Waals surface area contributed by atoms with Crippen molar-refractivity contribution in [1.82, 2.24) is 0 Å². The van der Waals surface area contributed by atoms with Crippen molar-refractivity contribution in [3.8, 4) is 0 Å². The highest BCUT2D eigenvalue weighted by molar-refractivity contribution is 5.71. The molecule has 1 unspecified atom stereocenters. The Labute approximate surface area is 412 Å². The first-order valence-corrected chi connectivity index (χ1v) is 27.1. The summed E-state index contributed by atoms with van der Waals surface area (Å²) in [4.78, 5) is 38.0. The molecule has 0 amide bonds. The molecule has 0 spiro atoms. The third kappa shape index (κ3) is 52.6. The van der Waals surface area contributed by atoms with E-state index in [0.29, 0.717) is 19.3 Å². The van der Waals surface area contributed by atoms with Crippen LogP contribution in [0.2, 0.25) is 0 Å². The van der Waals surface area contributed by atoms with Crippen LogP contribution in [0.3, 0.4) is 0 Å². The van der Waals surface area contributed by atoms with Crippen LogP contribution in [0, 0.1) is 0 Å². The molecule has 0 aromatic rings. The molecule has 0 rings (SSSR count). The van der Waals surface area contributed by atoms with Gasteiger partial charge in [-0.25, -0.2) is 0 Å². The van der Waals surface area contributed by atoms with Crippen LogP contribution in [0.5, 0.6) is 0 Å². The Morgan fingerprint density at radius 3 is 1.06 bits per heavy atom. The molecule has 0 aromatic heterocycles. The number of unbranched alkanes of at least 4 members (excludes halogenated alkanes) is 17. The number of hydrogen-bond acceptors (Lipinski definition) is 6. The summed E-state index contributed by atoms with van der Waals surface area (Å²) in [5.74, 6) is -1.04. The van der Waals surface area contributed by atoms with Crippen LogP contribution in [0.25, 0.3) is 0 Å². The average Bonchev–Trinajstić information content (AvgIpc) is 3.33. The van der Waals surface area contributed by atoms with E-state index in [1.807, 2.05) is 12.2 Å². The lowest BCUT2D eigenvalue weighted by atomic mass is 10.1. The lowest BCUT2D eigenvalue weighted by Gasteiger charge is -2.18. The predicted octanol–water partition coefficient (Wildman–Crippen LogP) is 18.1. The second kappa shape index (κ2) is 54.4. The van der Waals surface area contributed by atoms with Gasteiger partial charge in [0.15, 0.2) is 6.10 Å². The summed E-state index contributed by atoms with van der Waals surface area (Å²) in [6.45, 7) is 6.29. The molecule has 1 atom stereocenters. The predicted molar refractivity (Wildman–Crippen MR) is 288 cm³/mol. The van der Waals surface area contributed by atoms with Crippen LogP contribution in [0.1, 0.15) is 226 Å². The highest BCUT2D eigenvalue weighted by Crippen LogP contribution is 2.14. The highest BCUT2D eigenvalue weighted by atomic mass is 16.6. The fraction of sp³-hybridized carbons (Fsp3) is 0.623. The smallest absolute Gasteiger partial charge is 0.306 e. The van der Waals surface area contributed by atoms with Gasteiger partial charge in [-0.3, -0.25) is 14.4 Å². The van der Waals surface area contributed by atoms with Crippen LogP contribution in [-0.2, 0) is 28.6 Å². The normalized spacial score (nSPS) is 13.1. The second-order valence-electron chi connectivity index (χ2n) is 17.4. The molecular formula is C61H98O6. The van der Waals surface area contributed by atoms with Gasteiger partial charge in [0.1, 0.15) is 13.2 Å². The lowest BCUT2D eigenvalue weighted by Crippen LogP contribution is -2.30. The summed E-state index contributed by atoms with van der Waals surface area (Å²) in [6, 6.07) is 0. The quantitative estimate of drug-likeness (QED) is 0.0199. The molecule has 67 heavy (non-hydrogen) atoms. The molecule has 0 aliphatic carbocycles. The molecule has 0 saturated carbocycles. The SMILES string of the molecule is CC/C=C\C/C=C\C/C=C\C/C=C\C/C=C\CCC(=O)OC(COC(=O)CCCCCC/C=C\C/C=C\C/C=C\CC)COC(=O)CCCCCCCCCCCC/C=C\C=C/CCCCC. The van der Waals surface area contributed by atoms with E-state index in [4.69, 9.17) is 14.2 Å². The number of hydrogen-bond donors (Lipinski definition) is 0. The Hall–Kier alpha value is -4.19. The molecule has 0 heterocycles. The van der Waals surface area contributed by atoms with Crippen LogP contribution in [0.15, 0.2) is 122 Å². The van der Waals surface area contributed by atoms with Gasteiger partial charge in [0.2, 0.25) is 0 Å². The Bertz CT molecular complexity index is 1440. The summed E-state index contributed by atoms with van der Waals surface area (Å²) in [5, 5.41) is 0. The first kappa shape index (κ1) is 62.8. The van der Waals surface area contributed by atoms with Gasteiger partial charge in [-0.15, -0.1) is 0 Å². The third-order valence-electron chi connectivity index (χ3n) is 11.0. The Balaban J connectivity index is 4.52. The standard InChI is InChI=1S/C61H98O6/c1-4-7-10-13-16-19-22-25-28-30-31-32-34-36-39-42-45-48-51-54-60(63)66-57-58(56-65-59(62)53-50-47-44-41-38-35-27-24-21-18-15-12-9-6-3)67-61(64)55-52-49-46-43-40-37-33-29-26-23-20-17-14-11-8-5-2/h8-9,11-12,16-22,25-27,29,35,37,40,46,49,58H,4-7,10,13-15,23-24,28,30-34,36,38-39,41-45,47-48,50-57H2,1-3H3/b11-8-,12-9-,19-16-,20-17-,21-18-,25-22-,29-26-,35-27-,40-37-,49-46-. The second-order valence-corrected chi connectivity index (χ2v) is 17.4. The summed E-state index contributed by atoms with van der Waals surface area (Å²) >= 11 is 0. The molecule has 0 fully saturated rings. The van der Waals surface area contributed by atoms with Crippen molar-refractivity contribution >= 4 is 17.9 Å².